The number of nitrogens with two attached hydrogens (primary N) is 1. The van der Waals surface area contributed by atoms with Gasteiger partial charge in [0, 0.05) is 25.6 Å². The number of hydrogen-bond acceptors (Lipinski definition) is 3. The fourth-order valence-electron chi connectivity index (χ4n) is 2.82. The SMILES string of the molecule is COc1cccc(CCC(=O)N2CCC(N)C(C)(C)C2)c1. The van der Waals surface area contributed by atoms with Crippen LogP contribution in [-0.2, 0) is 11.2 Å². The summed E-state index contributed by atoms with van der Waals surface area (Å²) in [6.07, 6.45) is 2.18. The Morgan fingerprint density at radius 2 is 2.24 bits per heavy atom. The van der Waals surface area contributed by atoms with Crippen LogP contribution >= 0.6 is 0 Å². The molecule has 1 heterocycles. The van der Waals surface area contributed by atoms with E-state index in [1.807, 2.05) is 29.2 Å². The average molecular weight is 290 g/mol. The van der Waals surface area contributed by atoms with Crippen molar-refractivity contribution >= 4 is 5.91 Å². The predicted molar refractivity (Wildman–Crippen MR) is 84.3 cm³/mol. The van der Waals surface area contributed by atoms with Crippen LogP contribution in [0.3, 0.4) is 0 Å². The normalized spacial score (nSPS) is 21.1. The first-order valence-corrected chi connectivity index (χ1v) is 7.58. The lowest BCUT2D eigenvalue weighted by Crippen LogP contribution is -2.54. The smallest absolute Gasteiger partial charge is 0.222 e. The number of ether oxygens (including phenoxy) is 1. The first kappa shape index (κ1) is 15.8. The maximum atomic E-state index is 12.4. The molecule has 1 fully saturated rings. The highest BCUT2D eigenvalue weighted by Crippen LogP contribution is 2.28. The maximum absolute atomic E-state index is 12.4. The zero-order valence-corrected chi connectivity index (χ0v) is 13.3. The molecule has 0 aromatic heterocycles. The second-order valence-corrected chi connectivity index (χ2v) is 6.55. The molecule has 116 valence electrons. The zero-order valence-electron chi connectivity index (χ0n) is 13.3. The van der Waals surface area contributed by atoms with E-state index in [1.54, 1.807) is 7.11 Å². The van der Waals surface area contributed by atoms with Gasteiger partial charge in [-0.2, -0.15) is 0 Å². The summed E-state index contributed by atoms with van der Waals surface area (Å²) in [5.74, 6) is 1.06. The molecule has 2 rings (SSSR count). The molecule has 1 aromatic carbocycles. The predicted octanol–water partition coefficient (Wildman–Crippen LogP) is 2.21. The Morgan fingerprint density at radius 1 is 1.48 bits per heavy atom. The minimum Gasteiger partial charge on any atom is -0.497 e. The number of benzene rings is 1. The van der Waals surface area contributed by atoms with Gasteiger partial charge < -0.3 is 15.4 Å². The van der Waals surface area contributed by atoms with Gasteiger partial charge in [0.25, 0.3) is 0 Å². The highest BCUT2D eigenvalue weighted by atomic mass is 16.5. The Morgan fingerprint density at radius 3 is 2.90 bits per heavy atom. The molecule has 0 aliphatic carbocycles. The van der Waals surface area contributed by atoms with Crippen molar-refractivity contribution in [3.8, 4) is 5.75 Å². The summed E-state index contributed by atoms with van der Waals surface area (Å²) in [6.45, 7) is 5.81. The third kappa shape index (κ3) is 3.97. The van der Waals surface area contributed by atoms with Gasteiger partial charge in [-0.25, -0.2) is 0 Å². The van der Waals surface area contributed by atoms with E-state index < -0.39 is 0 Å². The number of methoxy groups -OCH3 is 1. The van der Waals surface area contributed by atoms with E-state index >= 15 is 0 Å². The summed E-state index contributed by atoms with van der Waals surface area (Å²) in [5, 5.41) is 0. The summed E-state index contributed by atoms with van der Waals surface area (Å²) in [4.78, 5) is 14.3. The van der Waals surface area contributed by atoms with Gasteiger partial charge in [0.2, 0.25) is 5.91 Å². The van der Waals surface area contributed by atoms with Crippen LogP contribution in [0, 0.1) is 5.41 Å². The van der Waals surface area contributed by atoms with E-state index in [4.69, 9.17) is 10.5 Å². The molecule has 2 N–H and O–H groups in total. The number of carbonyl (C=O) groups excluding carboxylic acids is 1. The van der Waals surface area contributed by atoms with Crippen LogP contribution in [0.1, 0.15) is 32.3 Å². The molecule has 0 radical (unpaired) electrons. The molecule has 0 saturated carbocycles. The largest absolute Gasteiger partial charge is 0.497 e. The molecular weight excluding hydrogens is 264 g/mol. The number of carbonyl (C=O) groups is 1. The quantitative estimate of drug-likeness (QED) is 0.925. The van der Waals surface area contributed by atoms with Crippen LogP contribution in [0.2, 0.25) is 0 Å². The lowest BCUT2D eigenvalue weighted by atomic mass is 9.79. The molecule has 4 heteroatoms. The summed E-state index contributed by atoms with van der Waals surface area (Å²) in [6, 6.07) is 8.08. The number of amides is 1. The van der Waals surface area contributed by atoms with Crippen LogP contribution in [0.25, 0.3) is 0 Å². The molecule has 1 aromatic rings. The van der Waals surface area contributed by atoms with Crippen molar-refractivity contribution in [3.63, 3.8) is 0 Å². The Balaban J connectivity index is 1.90. The molecule has 1 aliphatic rings. The van der Waals surface area contributed by atoms with E-state index in [9.17, 15) is 4.79 Å². The standard InChI is InChI=1S/C17H26N2O2/c1-17(2)12-19(10-9-15(17)18)16(20)8-7-13-5-4-6-14(11-13)21-3/h4-6,11,15H,7-10,12,18H2,1-3H3. The van der Waals surface area contributed by atoms with E-state index in [2.05, 4.69) is 13.8 Å². The topological polar surface area (TPSA) is 55.6 Å². The molecule has 1 unspecified atom stereocenters. The molecule has 21 heavy (non-hydrogen) atoms. The zero-order chi connectivity index (χ0) is 15.5. The molecule has 1 aliphatic heterocycles. The van der Waals surface area contributed by atoms with Gasteiger partial charge in [0.1, 0.15) is 5.75 Å². The Bertz CT molecular complexity index is 499. The van der Waals surface area contributed by atoms with Crippen molar-refractivity contribution in [3.05, 3.63) is 29.8 Å². The van der Waals surface area contributed by atoms with E-state index in [0.29, 0.717) is 6.42 Å². The van der Waals surface area contributed by atoms with Crippen LogP contribution in [0.4, 0.5) is 0 Å². The third-order valence-electron chi connectivity index (χ3n) is 4.43. The van der Waals surface area contributed by atoms with Crippen LogP contribution in [0.15, 0.2) is 24.3 Å². The Hall–Kier alpha value is -1.55. The summed E-state index contributed by atoms with van der Waals surface area (Å²) in [7, 11) is 1.66. The minimum atomic E-state index is 0.00385. The molecule has 1 amide bonds. The number of piperidine rings is 1. The molecule has 1 saturated heterocycles. The summed E-state index contributed by atoms with van der Waals surface area (Å²) < 4.78 is 5.21. The fourth-order valence-corrected chi connectivity index (χ4v) is 2.82. The fraction of sp³-hybridized carbons (Fsp3) is 0.588. The van der Waals surface area contributed by atoms with Crippen molar-refractivity contribution < 1.29 is 9.53 Å². The minimum absolute atomic E-state index is 0.00385. The van der Waals surface area contributed by atoms with Crippen molar-refractivity contribution in [1.82, 2.24) is 4.90 Å². The Kier molecular flexibility index (Phi) is 4.88. The maximum Gasteiger partial charge on any atom is 0.222 e. The van der Waals surface area contributed by atoms with Gasteiger partial charge in [0.05, 0.1) is 7.11 Å². The molecule has 0 spiro atoms. The molecule has 0 bridgehead atoms. The monoisotopic (exact) mass is 290 g/mol. The highest BCUT2D eigenvalue weighted by Gasteiger charge is 2.34. The van der Waals surface area contributed by atoms with Gasteiger partial charge in [-0.3, -0.25) is 4.79 Å². The molecule has 4 nitrogen and oxygen atoms in total. The first-order valence-electron chi connectivity index (χ1n) is 7.58. The number of rotatable bonds is 4. The van der Waals surface area contributed by atoms with Gasteiger partial charge in [-0.05, 0) is 36.0 Å². The lowest BCUT2D eigenvalue weighted by Gasteiger charge is -2.42. The number of aryl methyl sites for hydroxylation is 1. The van der Waals surface area contributed by atoms with Crippen LogP contribution in [0.5, 0.6) is 5.75 Å². The van der Waals surface area contributed by atoms with Crippen molar-refractivity contribution in [2.75, 3.05) is 20.2 Å². The first-order chi connectivity index (χ1) is 9.92. The molecular formula is C17H26N2O2. The van der Waals surface area contributed by atoms with Crippen LogP contribution in [-0.4, -0.2) is 37.0 Å². The van der Waals surface area contributed by atoms with E-state index in [-0.39, 0.29) is 17.4 Å². The van der Waals surface area contributed by atoms with E-state index in [0.717, 1.165) is 37.2 Å². The number of hydrogen-bond donors (Lipinski definition) is 1. The molecule has 1 atom stereocenters. The van der Waals surface area contributed by atoms with Crippen LogP contribution < -0.4 is 10.5 Å². The second kappa shape index (κ2) is 6.48. The highest BCUT2D eigenvalue weighted by molar-refractivity contribution is 5.76. The Labute approximate surface area is 127 Å². The third-order valence-corrected chi connectivity index (χ3v) is 4.43. The van der Waals surface area contributed by atoms with Gasteiger partial charge in [-0.1, -0.05) is 26.0 Å². The van der Waals surface area contributed by atoms with Crippen molar-refractivity contribution in [1.29, 1.82) is 0 Å². The number of likely N-dealkylation sites (tertiary alicyclic amines) is 1. The van der Waals surface area contributed by atoms with E-state index in [1.165, 1.54) is 0 Å². The van der Waals surface area contributed by atoms with Gasteiger partial charge in [-0.15, -0.1) is 0 Å². The van der Waals surface area contributed by atoms with Gasteiger partial charge in [0.15, 0.2) is 0 Å². The summed E-state index contributed by atoms with van der Waals surface area (Å²) in [5.41, 5.74) is 7.26. The van der Waals surface area contributed by atoms with Crippen molar-refractivity contribution in [2.24, 2.45) is 11.1 Å². The summed E-state index contributed by atoms with van der Waals surface area (Å²) >= 11 is 0. The average Bonchev–Trinajstić information content (AvgIpc) is 2.47. The lowest BCUT2D eigenvalue weighted by molar-refractivity contribution is -0.134. The van der Waals surface area contributed by atoms with Gasteiger partial charge >= 0.3 is 0 Å². The van der Waals surface area contributed by atoms with Crippen molar-refractivity contribution in [2.45, 2.75) is 39.2 Å². The second-order valence-electron chi connectivity index (χ2n) is 6.55. The number of nitrogens with zero attached hydrogens (tertiary/aromatic N) is 1.